The summed E-state index contributed by atoms with van der Waals surface area (Å²) in [7, 11) is -3.47. The van der Waals surface area contributed by atoms with E-state index in [1.165, 1.54) is 11.3 Å². The van der Waals surface area contributed by atoms with Gasteiger partial charge in [0, 0.05) is 23.2 Å². The van der Waals surface area contributed by atoms with Gasteiger partial charge < -0.3 is 5.73 Å². The van der Waals surface area contributed by atoms with Crippen molar-refractivity contribution in [2.24, 2.45) is 5.73 Å². The van der Waals surface area contributed by atoms with Crippen molar-refractivity contribution in [2.45, 2.75) is 30.8 Å². The third-order valence-corrected chi connectivity index (χ3v) is 6.91. The fraction of sp³-hybridized carbons (Fsp3) is 0.600. The molecule has 1 aromatic heterocycles. The highest BCUT2D eigenvalue weighted by Crippen LogP contribution is 2.31. The summed E-state index contributed by atoms with van der Waals surface area (Å²) in [5.74, 6) is 0.765. The number of rotatable bonds is 7. The Morgan fingerprint density at radius 3 is 2.72 bits per heavy atom. The molecule has 0 aromatic carbocycles. The lowest BCUT2D eigenvalue weighted by molar-refractivity contribution is 0.558. The predicted octanol–water partition coefficient (Wildman–Crippen LogP) is 2.39. The fourth-order valence-corrected chi connectivity index (χ4v) is 6.11. The van der Waals surface area contributed by atoms with E-state index in [1.54, 1.807) is 17.8 Å². The standard InChI is InChI=1S/C10H17BrN2O2S3/c1-3-7(6-16-2)13-18(14,15)9-4-8(5-12)17-10(9)11/h4,7,13H,3,5-6,12H2,1-2H3. The van der Waals surface area contributed by atoms with Gasteiger partial charge in [0.15, 0.2) is 0 Å². The average Bonchev–Trinajstić information content (AvgIpc) is 2.70. The van der Waals surface area contributed by atoms with E-state index in [0.717, 1.165) is 17.1 Å². The molecule has 104 valence electrons. The molecule has 0 bridgehead atoms. The van der Waals surface area contributed by atoms with Crippen LogP contribution in [0.3, 0.4) is 0 Å². The first-order valence-electron chi connectivity index (χ1n) is 5.44. The van der Waals surface area contributed by atoms with Crippen LogP contribution < -0.4 is 10.5 Å². The molecule has 18 heavy (non-hydrogen) atoms. The summed E-state index contributed by atoms with van der Waals surface area (Å²) in [6, 6.07) is 1.58. The van der Waals surface area contributed by atoms with Crippen LogP contribution in [0.5, 0.6) is 0 Å². The van der Waals surface area contributed by atoms with Crippen molar-refractivity contribution in [2.75, 3.05) is 12.0 Å². The van der Waals surface area contributed by atoms with Gasteiger partial charge in [-0.25, -0.2) is 13.1 Å². The van der Waals surface area contributed by atoms with Crippen molar-refractivity contribution in [1.29, 1.82) is 0 Å². The van der Waals surface area contributed by atoms with Crippen LogP contribution in [0.1, 0.15) is 18.2 Å². The molecule has 3 N–H and O–H groups in total. The summed E-state index contributed by atoms with van der Waals surface area (Å²) in [5.41, 5.74) is 5.52. The lowest BCUT2D eigenvalue weighted by atomic mass is 10.3. The van der Waals surface area contributed by atoms with Crippen molar-refractivity contribution in [3.8, 4) is 0 Å². The monoisotopic (exact) mass is 372 g/mol. The quantitative estimate of drug-likeness (QED) is 0.770. The summed E-state index contributed by atoms with van der Waals surface area (Å²) < 4.78 is 27.8. The van der Waals surface area contributed by atoms with Gasteiger partial charge in [0.1, 0.15) is 4.90 Å². The van der Waals surface area contributed by atoms with Gasteiger partial charge in [-0.05, 0) is 34.7 Å². The van der Waals surface area contributed by atoms with Crippen LogP contribution in [-0.4, -0.2) is 26.5 Å². The van der Waals surface area contributed by atoms with Crippen molar-refractivity contribution >= 4 is 49.1 Å². The molecule has 1 atom stereocenters. The van der Waals surface area contributed by atoms with Gasteiger partial charge >= 0.3 is 0 Å². The summed E-state index contributed by atoms with van der Waals surface area (Å²) in [6.07, 6.45) is 2.73. The summed E-state index contributed by atoms with van der Waals surface area (Å²) in [5, 5.41) is 0. The first-order valence-corrected chi connectivity index (χ1v) is 9.92. The number of hydrogen-bond donors (Lipinski definition) is 2. The van der Waals surface area contributed by atoms with Gasteiger partial charge in [0.05, 0.1) is 3.79 Å². The van der Waals surface area contributed by atoms with Gasteiger partial charge in [-0.15, -0.1) is 11.3 Å². The van der Waals surface area contributed by atoms with E-state index in [4.69, 9.17) is 5.73 Å². The number of thioether (sulfide) groups is 1. The second-order valence-electron chi connectivity index (χ2n) is 3.74. The van der Waals surface area contributed by atoms with E-state index in [2.05, 4.69) is 20.7 Å². The van der Waals surface area contributed by atoms with Gasteiger partial charge in [-0.3, -0.25) is 0 Å². The maximum atomic E-state index is 12.2. The second kappa shape index (κ2) is 7.25. The molecule has 0 amide bonds. The molecule has 0 saturated heterocycles. The first-order chi connectivity index (χ1) is 8.44. The molecule has 1 heterocycles. The molecule has 0 fully saturated rings. The molecule has 0 aliphatic carbocycles. The highest BCUT2D eigenvalue weighted by Gasteiger charge is 2.23. The lowest BCUT2D eigenvalue weighted by Gasteiger charge is -2.15. The Morgan fingerprint density at radius 1 is 1.61 bits per heavy atom. The fourth-order valence-electron chi connectivity index (χ4n) is 1.40. The Morgan fingerprint density at radius 2 is 2.28 bits per heavy atom. The Hall–Kier alpha value is 0.400. The van der Waals surface area contributed by atoms with Crippen LogP contribution in [-0.2, 0) is 16.6 Å². The average molecular weight is 373 g/mol. The van der Waals surface area contributed by atoms with E-state index in [0.29, 0.717) is 10.3 Å². The number of nitrogens with two attached hydrogens (primary N) is 1. The smallest absolute Gasteiger partial charge is 0.242 e. The third kappa shape index (κ3) is 4.21. The topological polar surface area (TPSA) is 72.2 Å². The molecular weight excluding hydrogens is 356 g/mol. The number of nitrogens with one attached hydrogen (secondary N) is 1. The minimum atomic E-state index is -3.47. The van der Waals surface area contributed by atoms with E-state index < -0.39 is 10.0 Å². The second-order valence-corrected chi connectivity index (χ2v) is 8.78. The van der Waals surface area contributed by atoms with Crippen LogP contribution in [0.4, 0.5) is 0 Å². The molecule has 0 aliphatic rings. The highest BCUT2D eigenvalue weighted by molar-refractivity contribution is 9.11. The molecule has 1 aromatic rings. The lowest BCUT2D eigenvalue weighted by Crippen LogP contribution is -2.36. The van der Waals surface area contributed by atoms with Crippen molar-refractivity contribution < 1.29 is 8.42 Å². The van der Waals surface area contributed by atoms with E-state index in [-0.39, 0.29) is 10.9 Å². The van der Waals surface area contributed by atoms with Gasteiger partial charge in [-0.2, -0.15) is 11.8 Å². The van der Waals surface area contributed by atoms with Crippen molar-refractivity contribution in [3.05, 3.63) is 14.7 Å². The largest absolute Gasteiger partial charge is 0.326 e. The van der Waals surface area contributed by atoms with Gasteiger partial charge in [0.2, 0.25) is 10.0 Å². The minimum absolute atomic E-state index is 0.0434. The molecule has 1 rings (SSSR count). The van der Waals surface area contributed by atoms with Crippen LogP contribution >= 0.6 is 39.0 Å². The van der Waals surface area contributed by atoms with Crippen LogP contribution in [0.15, 0.2) is 14.7 Å². The molecule has 0 aliphatic heterocycles. The molecule has 4 nitrogen and oxygen atoms in total. The molecule has 0 spiro atoms. The van der Waals surface area contributed by atoms with Gasteiger partial charge in [-0.1, -0.05) is 6.92 Å². The summed E-state index contributed by atoms with van der Waals surface area (Å²) in [6.45, 7) is 2.32. The summed E-state index contributed by atoms with van der Waals surface area (Å²) in [4.78, 5) is 1.13. The number of sulfonamides is 1. The number of halogens is 1. The number of hydrogen-bond acceptors (Lipinski definition) is 5. The maximum absolute atomic E-state index is 12.2. The molecule has 1 unspecified atom stereocenters. The summed E-state index contributed by atoms with van der Waals surface area (Å²) >= 11 is 6.27. The van der Waals surface area contributed by atoms with E-state index >= 15 is 0 Å². The van der Waals surface area contributed by atoms with Crippen molar-refractivity contribution in [3.63, 3.8) is 0 Å². The molecule has 8 heteroatoms. The van der Waals surface area contributed by atoms with Crippen LogP contribution in [0.2, 0.25) is 0 Å². The SMILES string of the molecule is CCC(CSC)NS(=O)(=O)c1cc(CN)sc1Br. The molecular formula is C10H17BrN2O2S3. The third-order valence-electron chi connectivity index (χ3n) is 2.38. The Kier molecular flexibility index (Phi) is 6.63. The maximum Gasteiger partial charge on any atom is 0.242 e. The molecule has 0 radical (unpaired) electrons. The van der Waals surface area contributed by atoms with Crippen LogP contribution in [0.25, 0.3) is 0 Å². The Labute approximate surface area is 125 Å². The first kappa shape index (κ1) is 16.5. The zero-order valence-electron chi connectivity index (χ0n) is 10.3. The zero-order chi connectivity index (χ0) is 13.8. The normalized spacial score (nSPS) is 13.8. The van der Waals surface area contributed by atoms with Gasteiger partial charge in [0.25, 0.3) is 0 Å². The van der Waals surface area contributed by atoms with Crippen LogP contribution in [0, 0.1) is 0 Å². The van der Waals surface area contributed by atoms with Crippen molar-refractivity contribution in [1.82, 2.24) is 4.72 Å². The predicted molar refractivity (Wildman–Crippen MR) is 82.7 cm³/mol. The van der Waals surface area contributed by atoms with E-state index in [9.17, 15) is 8.42 Å². The number of thiophene rings is 1. The Balaban J connectivity index is 2.94. The Bertz CT molecular complexity index is 487. The zero-order valence-corrected chi connectivity index (χ0v) is 14.3. The molecule has 0 saturated carbocycles. The van der Waals surface area contributed by atoms with E-state index in [1.807, 2.05) is 13.2 Å². The minimum Gasteiger partial charge on any atom is -0.326 e. The highest BCUT2D eigenvalue weighted by atomic mass is 79.9.